The Morgan fingerprint density at radius 2 is 1.93 bits per heavy atom. The molecule has 136 valence electrons. The van der Waals surface area contributed by atoms with E-state index in [4.69, 9.17) is 0 Å². The number of benzene rings is 2. The summed E-state index contributed by atoms with van der Waals surface area (Å²) in [6.45, 7) is 5.75. The van der Waals surface area contributed by atoms with E-state index in [1.807, 2.05) is 51.1 Å². The highest BCUT2D eigenvalue weighted by atomic mass is 16.2. The highest BCUT2D eigenvalue weighted by Gasteiger charge is 2.07. The van der Waals surface area contributed by atoms with Crippen molar-refractivity contribution in [3.8, 4) is 11.8 Å². The van der Waals surface area contributed by atoms with Crippen molar-refractivity contribution in [2.45, 2.75) is 26.8 Å². The van der Waals surface area contributed by atoms with Crippen molar-refractivity contribution in [1.82, 2.24) is 10.3 Å². The number of aromatic nitrogens is 1. The summed E-state index contributed by atoms with van der Waals surface area (Å²) in [5.74, 6) is 6.05. The van der Waals surface area contributed by atoms with Crippen LogP contribution < -0.4 is 16.2 Å². The second kappa shape index (κ2) is 7.79. The number of aryl methyl sites for hydroxylation is 2. The van der Waals surface area contributed by atoms with Gasteiger partial charge in [-0.15, -0.1) is 0 Å². The van der Waals surface area contributed by atoms with E-state index in [2.05, 4.69) is 27.5 Å². The minimum Gasteiger partial charge on any atom is -0.329 e. The average Bonchev–Trinajstić information content (AvgIpc) is 2.63. The Bertz CT molecular complexity index is 1120. The summed E-state index contributed by atoms with van der Waals surface area (Å²) in [5.41, 5.74) is 3.54. The first-order chi connectivity index (χ1) is 12.9. The highest BCUT2D eigenvalue weighted by Crippen LogP contribution is 2.16. The van der Waals surface area contributed by atoms with Gasteiger partial charge in [-0.25, -0.2) is 4.79 Å². The maximum Gasteiger partial charge on any atom is 0.320 e. The molecule has 27 heavy (non-hydrogen) atoms. The van der Waals surface area contributed by atoms with Crippen molar-refractivity contribution < 1.29 is 4.79 Å². The number of rotatable bonds is 2. The van der Waals surface area contributed by atoms with E-state index in [-0.39, 0.29) is 17.6 Å². The molecular formula is C22H21N3O2. The van der Waals surface area contributed by atoms with E-state index < -0.39 is 0 Å². The van der Waals surface area contributed by atoms with Crippen molar-refractivity contribution in [3.63, 3.8) is 0 Å². The molecule has 0 saturated heterocycles. The van der Waals surface area contributed by atoms with Gasteiger partial charge < -0.3 is 15.6 Å². The molecule has 1 aromatic heterocycles. The summed E-state index contributed by atoms with van der Waals surface area (Å²) in [4.78, 5) is 26.6. The Balaban J connectivity index is 1.67. The number of hydrogen-bond donors (Lipinski definition) is 3. The van der Waals surface area contributed by atoms with Crippen LogP contribution in [0.5, 0.6) is 0 Å². The number of carbonyl (C=O) groups is 1. The summed E-state index contributed by atoms with van der Waals surface area (Å²) >= 11 is 0. The molecule has 3 rings (SSSR count). The number of amides is 2. The van der Waals surface area contributed by atoms with Crippen LogP contribution in [0.1, 0.15) is 23.6 Å². The fourth-order valence-corrected chi connectivity index (χ4v) is 2.72. The summed E-state index contributed by atoms with van der Waals surface area (Å²) in [6, 6.07) is 12.5. The van der Waals surface area contributed by atoms with Crippen LogP contribution in [0, 0.1) is 25.7 Å². The van der Waals surface area contributed by atoms with E-state index in [0.29, 0.717) is 5.39 Å². The SMILES string of the molecule is Cc1ccc(C)c(NC(=O)NC(C)C#Cc2ccc3c(=O)[nH]ccc3c2)c1. The standard InChI is InChI=1S/C22H21N3O2/c1-14-4-5-15(2)20(12-14)25-22(27)24-16(3)6-7-17-8-9-19-18(13-17)10-11-23-21(19)26/h4-5,8-13,16H,1-3H3,(H,23,26)(H2,24,25,27). The topological polar surface area (TPSA) is 74.0 Å². The molecule has 0 fully saturated rings. The Morgan fingerprint density at radius 1 is 1.11 bits per heavy atom. The normalized spacial score (nSPS) is 11.4. The molecule has 1 unspecified atom stereocenters. The molecule has 1 heterocycles. The average molecular weight is 359 g/mol. The predicted octanol–water partition coefficient (Wildman–Crippen LogP) is 3.71. The molecule has 0 aliphatic heterocycles. The first-order valence-corrected chi connectivity index (χ1v) is 8.70. The van der Waals surface area contributed by atoms with Gasteiger partial charge in [0, 0.05) is 22.8 Å². The number of hydrogen-bond acceptors (Lipinski definition) is 2. The van der Waals surface area contributed by atoms with E-state index in [1.54, 1.807) is 18.3 Å². The van der Waals surface area contributed by atoms with Crippen LogP contribution in [-0.2, 0) is 0 Å². The van der Waals surface area contributed by atoms with E-state index in [1.165, 1.54) is 0 Å². The van der Waals surface area contributed by atoms with Gasteiger partial charge in [-0.3, -0.25) is 4.79 Å². The third-order valence-corrected chi connectivity index (χ3v) is 4.20. The number of carbonyl (C=O) groups excluding carboxylic acids is 1. The summed E-state index contributed by atoms with van der Waals surface area (Å²) in [5, 5.41) is 7.13. The van der Waals surface area contributed by atoms with Gasteiger partial charge in [0.2, 0.25) is 0 Å². The fourth-order valence-electron chi connectivity index (χ4n) is 2.72. The molecule has 0 radical (unpaired) electrons. The number of nitrogens with one attached hydrogen (secondary N) is 3. The van der Waals surface area contributed by atoms with Gasteiger partial charge in [0.25, 0.3) is 5.56 Å². The van der Waals surface area contributed by atoms with E-state index in [9.17, 15) is 9.59 Å². The van der Waals surface area contributed by atoms with Crippen molar-refractivity contribution in [2.75, 3.05) is 5.32 Å². The lowest BCUT2D eigenvalue weighted by Gasteiger charge is -2.12. The van der Waals surface area contributed by atoms with Crippen LogP contribution >= 0.6 is 0 Å². The molecule has 0 aliphatic carbocycles. The van der Waals surface area contributed by atoms with Crippen LogP contribution in [0.2, 0.25) is 0 Å². The molecule has 5 heteroatoms. The summed E-state index contributed by atoms with van der Waals surface area (Å²) in [7, 11) is 0. The minimum absolute atomic E-state index is 0.120. The van der Waals surface area contributed by atoms with Gasteiger partial charge in [-0.05, 0) is 67.6 Å². The molecule has 0 bridgehead atoms. The molecule has 3 aromatic rings. The Labute approximate surface area is 157 Å². The quantitative estimate of drug-likeness (QED) is 0.610. The lowest BCUT2D eigenvalue weighted by Crippen LogP contribution is -2.35. The lowest BCUT2D eigenvalue weighted by molar-refractivity contribution is 0.251. The molecular weight excluding hydrogens is 338 g/mol. The maximum atomic E-state index is 12.2. The lowest BCUT2D eigenvalue weighted by atomic mass is 10.1. The molecule has 5 nitrogen and oxygen atoms in total. The second-order valence-electron chi connectivity index (χ2n) is 6.52. The number of aromatic amines is 1. The zero-order valence-corrected chi connectivity index (χ0v) is 15.5. The Hall–Kier alpha value is -3.52. The third kappa shape index (κ3) is 4.56. The van der Waals surface area contributed by atoms with Crippen molar-refractivity contribution in [1.29, 1.82) is 0 Å². The van der Waals surface area contributed by atoms with Crippen LogP contribution in [0.15, 0.2) is 53.5 Å². The van der Waals surface area contributed by atoms with Crippen LogP contribution in [0.25, 0.3) is 10.8 Å². The molecule has 0 saturated carbocycles. The van der Waals surface area contributed by atoms with Crippen molar-refractivity contribution in [2.24, 2.45) is 0 Å². The van der Waals surface area contributed by atoms with Crippen LogP contribution in [0.3, 0.4) is 0 Å². The monoisotopic (exact) mass is 359 g/mol. The second-order valence-corrected chi connectivity index (χ2v) is 6.52. The number of pyridine rings is 1. The number of urea groups is 1. The minimum atomic E-state index is -0.329. The molecule has 0 aliphatic rings. The van der Waals surface area contributed by atoms with Crippen LogP contribution in [-0.4, -0.2) is 17.1 Å². The van der Waals surface area contributed by atoms with Gasteiger partial charge in [-0.1, -0.05) is 24.0 Å². The van der Waals surface area contributed by atoms with E-state index in [0.717, 1.165) is 27.8 Å². The molecule has 1 atom stereocenters. The van der Waals surface area contributed by atoms with Crippen LogP contribution in [0.4, 0.5) is 10.5 Å². The molecule has 2 amide bonds. The number of H-pyrrole nitrogens is 1. The maximum absolute atomic E-state index is 12.2. The first-order valence-electron chi connectivity index (χ1n) is 8.70. The van der Waals surface area contributed by atoms with Gasteiger partial charge in [-0.2, -0.15) is 0 Å². The highest BCUT2D eigenvalue weighted by molar-refractivity contribution is 5.90. The first kappa shape index (κ1) is 18.3. The van der Waals surface area contributed by atoms with Gasteiger partial charge in [0.1, 0.15) is 0 Å². The molecule has 2 aromatic carbocycles. The summed E-state index contributed by atoms with van der Waals surface area (Å²) in [6.07, 6.45) is 1.61. The van der Waals surface area contributed by atoms with E-state index >= 15 is 0 Å². The van der Waals surface area contributed by atoms with Gasteiger partial charge >= 0.3 is 6.03 Å². The zero-order valence-electron chi connectivity index (χ0n) is 15.5. The van der Waals surface area contributed by atoms with Gasteiger partial charge in [0.05, 0.1) is 6.04 Å². The predicted molar refractivity (Wildman–Crippen MR) is 109 cm³/mol. The molecule has 0 spiro atoms. The molecule has 3 N–H and O–H groups in total. The Morgan fingerprint density at radius 3 is 2.74 bits per heavy atom. The third-order valence-electron chi connectivity index (χ3n) is 4.20. The summed E-state index contributed by atoms with van der Waals surface area (Å²) < 4.78 is 0. The largest absolute Gasteiger partial charge is 0.329 e. The van der Waals surface area contributed by atoms with Gasteiger partial charge in [0.15, 0.2) is 0 Å². The Kier molecular flexibility index (Phi) is 5.28. The number of fused-ring (bicyclic) bond motifs is 1. The van der Waals surface area contributed by atoms with Crippen molar-refractivity contribution in [3.05, 3.63) is 75.7 Å². The smallest absolute Gasteiger partial charge is 0.320 e. The van der Waals surface area contributed by atoms with Crippen molar-refractivity contribution >= 4 is 22.5 Å². The fraction of sp³-hybridized carbons (Fsp3) is 0.182. The zero-order chi connectivity index (χ0) is 19.4. The number of anilines is 1.